The van der Waals surface area contributed by atoms with Gasteiger partial charge in [0, 0.05) is 31.2 Å². The molecule has 0 spiro atoms. The number of para-hydroxylation sites is 2. The standard InChI is InChI=1S/C20H22Cl2N2O3/c1-14(27-18-8-7-15(21)13-16(18)22)20(25)24-11-9-23(10-12-24)17-5-3-4-6-19(17)26-2/h3-8,13-14H,9-12H2,1-2H3/t14-/m0/s1. The molecule has 2 aromatic carbocycles. The summed E-state index contributed by atoms with van der Waals surface area (Å²) >= 11 is 12.0. The van der Waals surface area contributed by atoms with Crippen molar-refractivity contribution in [3.05, 3.63) is 52.5 Å². The summed E-state index contributed by atoms with van der Waals surface area (Å²) in [5.41, 5.74) is 1.05. The van der Waals surface area contributed by atoms with E-state index in [4.69, 9.17) is 32.7 Å². The first-order valence-corrected chi connectivity index (χ1v) is 9.53. The maximum Gasteiger partial charge on any atom is 0.263 e. The number of nitrogens with zero attached hydrogens (tertiary/aromatic N) is 2. The second kappa shape index (κ2) is 8.72. The van der Waals surface area contributed by atoms with Crippen LogP contribution in [-0.2, 0) is 4.79 Å². The first-order valence-electron chi connectivity index (χ1n) is 8.78. The van der Waals surface area contributed by atoms with Crippen LogP contribution in [0.3, 0.4) is 0 Å². The minimum Gasteiger partial charge on any atom is -0.495 e. The van der Waals surface area contributed by atoms with E-state index in [0.29, 0.717) is 28.9 Å². The third kappa shape index (κ3) is 4.60. The Kier molecular flexibility index (Phi) is 6.34. The zero-order valence-electron chi connectivity index (χ0n) is 15.3. The highest BCUT2D eigenvalue weighted by molar-refractivity contribution is 6.35. The molecule has 0 bridgehead atoms. The number of hydrogen-bond donors (Lipinski definition) is 0. The minimum atomic E-state index is -0.624. The average Bonchev–Trinajstić information content (AvgIpc) is 2.69. The number of anilines is 1. The van der Waals surface area contributed by atoms with Gasteiger partial charge in [-0.15, -0.1) is 0 Å². The van der Waals surface area contributed by atoms with Gasteiger partial charge in [-0.25, -0.2) is 0 Å². The Bertz CT molecular complexity index is 808. The van der Waals surface area contributed by atoms with Crippen molar-refractivity contribution < 1.29 is 14.3 Å². The van der Waals surface area contributed by atoms with Crippen molar-refractivity contribution in [1.29, 1.82) is 0 Å². The van der Waals surface area contributed by atoms with Crippen LogP contribution in [0.25, 0.3) is 0 Å². The molecule has 1 heterocycles. The second-order valence-corrected chi connectivity index (χ2v) is 7.16. The molecule has 27 heavy (non-hydrogen) atoms. The molecule has 0 aromatic heterocycles. The fourth-order valence-corrected chi connectivity index (χ4v) is 3.58. The second-order valence-electron chi connectivity index (χ2n) is 6.32. The van der Waals surface area contributed by atoms with Crippen LogP contribution >= 0.6 is 23.2 Å². The van der Waals surface area contributed by atoms with E-state index in [-0.39, 0.29) is 5.91 Å². The number of hydrogen-bond acceptors (Lipinski definition) is 4. The quantitative estimate of drug-likeness (QED) is 0.745. The lowest BCUT2D eigenvalue weighted by Gasteiger charge is -2.37. The molecule has 1 saturated heterocycles. The molecule has 0 radical (unpaired) electrons. The number of rotatable bonds is 5. The van der Waals surface area contributed by atoms with Gasteiger partial charge in [0.25, 0.3) is 5.91 Å². The Labute approximate surface area is 169 Å². The van der Waals surface area contributed by atoms with E-state index in [1.165, 1.54) is 0 Å². The van der Waals surface area contributed by atoms with Gasteiger partial charge in [0.15, 0.2) is 6.10 Å². The Morgan fingerprint density at radius 2 is 1.74 bits per heavy atom. The highest BCUT2D eigenvalue weighted by atomic mass is 35.5. The lowest BCUT2D eigenvalue weighted by molar-refractivity contribution is -0.138. The number of carbonyl (C=O) groups is 1. The van der Waals surface area contributed by atoms with Crippen molar-refractivity contribution in [2.75, 3.05) is 38.2 Å². The molecule has 144 valence electrons. The van der Waals surface area contributed by atoms with Gasteiger partial charge in [0.1, 0.15) is 11.5 Å². The summed E-state index contributed by atoms with van der Waals surface area (Å²) in [4.78, 5) is 16.8. The van der Waals surface area contributed by atoms with Gasteiger partial charge < -0.3 is 19.3 Å². The first kappa shape index (κ1) is 19.6. The number of piperazine rings is 1. The lowest BCUT2D eigenvalue weighted by atomic mass is 10.2. The highest BCUT2D eigenvalue weighted by Crippen LogP contribution is 2.30. The summed E-state index contributed by atoms with van der Waals surface area (Å²) in [7, 11) is 1.67. The van der Waals surface area contributed by atoms with Crippen molar-refractivity contribution in [3.63, 3.8) is 0 Å². The molecule has 0 aliphatic carbocycles. The van der Waals surface area contributed by atoms with Gasteiger partial charge in [0.2, 0.25) is 0 Å². The number of benzene rings is 2. The first-order chi connectivity index (χ1) is 13.0. The zero-order chi connectivity index (χ0) is 19.4. The van der Waals surface area contributed by atoms with Gasteiger partial charge in [0.05, 0.1) is 17.8 Å². The molecule has 3 rings (SSSR count). The molecule has 1 aliphatic rings. The van der Waals surface area contributed by atoms with Gasteiger partial charge >= 0.3 is 0 Å². The van der Waals surface area contributed by atoms with Crippen LogP contribution in [0.2, 0.25) is 10.0 Å². The van der Waals surface area contributed by atoms with E-state index in [1.807, 2.05) is 29.2 Å². The zero-order valence-corrected chi connectivity index (χ0v) is 16.8. The fourth-order valence-electron chi connectivity index (χ4n) is 3.13. The fraction of sp³-hybridized carbons (Fsp3) is 0.350. The molecule has 1 atom stereocenters. The molecular weight excluding hydrogens is 387 g/mol. The van der Waals surface area contributed by atoms with E-state index < -0.39 is 6.10 Å². The van der Waals surface area contributed by atoms with E-state index >= 15 is 0 Å². The maximum atomic E-state index is 12.7. The molecule has 1 amide bonds. The predicted octanol–water partition coefficient (Wildman–Crippen LogP) is 4.12. The number of methoxy groups -OCH3 is 1. The summed E-state index contributed by atoms with van der Waals surface area (Å²) in [6.45, 7) is 4.46. The number of halogens is 2. The van der Waals surface area contributed by atoms with Crippen LogP contribution < -0.4 is 14.4 Å². The molecule has 2 aromatic rings. The topological polar surface area (TPSA) is 42.0 Å². The lowest BCUT2D eigenvalue weighted by Crippen LogP contribution is -2.52. The summed E-state index contributed by atoms with van der Waals surface area (Å²) in [6.07, 6.45) is -0.624. The Morgan fingerprint density at radius 1 is 1.04 bits per heavy atom. The van der Waals surface area contributed by atoms with Crippen molar-refractivity contribution >= 4 is 34.8 Å². The third-order valence-corrected chi connectivity index (χ3v) is 5.09. The maximum absolute atomic E-state index is 12.7. The predicted molar refractivity (Wildman–Crippen MR) is 108 cm³/mol. The Hall–Kier alpha value is -2.11. The van der Waals surface area contributed by atoms with Crippen molar-refractivity contribution in [3.8, 4) is 11.5 Å². The Morgan fingerprint density at radius 3 is 2.41 bits per heavy atom. The molecule has 7 heteroatoms. The van der Waals surface area contributed by atoms with E-state index in [9.17, 15) is 4.79 Å². The third-order valence-electron chi connectivity index (χ3n) is 4.56. The van der Waals surface area contributed by atoms with Crippen LogP contribution in [0.4, 0.5) is 5.69 Å². The number of ether oxygens (including phenoxy) is 2. The van der Waals surface area contributed by atoms with E-state index in [0.717, 1.165) is 24.5 Å². The average molecular weight is 409 g/mol. The molecule has 0 saturated carbocycles. The number of amides is 1. The van der Waals surface area contributed by atoms with Crippen molar-refractivity contribution in [2.45, 2.75) is 13.0 Å². The highest BCUT2D eigenvalue weighted by Gasteiger charge is 2.27. The van der Waals surface area contributed by atoms with Gasteiger partial charge in [-0.3, -0.25) is 4.79 Å². The van der Waals surface area contributed by atoms with E-state index in [2.05, 4.69) is 4.90 Å². The summed E-state index contributed by atoms with van der Waals surface area (Å²) in [5, 5.41) is 0.918. The minimum absolute atomic E-state index is 0.0549. The largest absolute Gasteiger partial charge is 0.495 e. The van der Waals surface area contributed by atoms with Gasteiger partial charge in [-0.05, 0) is 37.3 Å². The van der Waals surface area contributed by atoms with Gasteiger partial charge in [-0.2, -0.15) is 0 Å². The van der Waals surface area contributed by atoms with Crippen LogP contribution in [0, 0.1) is 0 Å². The van der Waals surface area contributed by atoms with Crippen LogP contribution in [0.15, 0.2) is 42.5 Å². The number of carbonyl (C=O) groups excluding carboxylic acids is 1. The summed E-state index contributed by atoms with van der Waals surface area (Å²) in [6, 6.07) is 12.9. The SMILES string of the molecule is COc1ccccc1N1CCN(C(=O)[C@H](C)Oc2ccc(Cl)cc2Cl)CC1. The molecule has 0 unspecified atom stereocenters. The van der Waals surface area contributed by atoms with Crippen molar-refractivity contribution in [1.82, 2.24) is 4.90 Å². The van der Waals surface area contributed by atoms with Crippen LogP contribution in [0.1, 0.15) is 6.92 Å². The molecular formula is C20H22Cl2N2O3. The monoisotopic (exact) mass is 408 g/mol. The van der Waals surface area contributed by atoms with E-state index in [1.54, 1.807) is 32.2 Å². The molecule has 1 aliphatic heterocycles. The normalized spacial score (nSPS) is 15.4. The summed E-state index contributed by atoms with van der Waals surface area (Å²) < 4.78 is 11.2. The van der Waals surface area contributed by atoms with Crippen LogP contribution in [0.5, 0.6) is 11.5 Å². The molecule has 1 fully saturated rings. The molecule has 0 N–H and O–H groups in total. The Balaban J connectivity index is 1.59. The molecule has 5 nitrogen and oxygen atoms in total. The van der Waals surface area contributed by atoms with Crippen molar-refractivity contribution in [2.24, 2.45) is 0 Å². The van der Waals surface area contributed by atoms with Crippen LogP contribution in [-0.4, -0.2) is 50.2 Å². The summed E-state index contributed by atoms with van der Waals surface area (Å²) in [5.74, 6) is 1.24. The smallest absolute Gasteiger partial charge is 0.263 e. The van der Waals surface area contributed by atoms with Gasteiger partial charge in [-0.1, -0.05) is 35.3 Å².